The summed E-state index contributed by atoms with van der Waals surface area (Å²) in [5, 5.41) is 16.5. The van der Waals surface area contributed by atoms with E-state index in [1.54, 1.807) is 18.2 Å². The van der Waals surface area contributed by atoms with Crippen molar-refractivity contribution in [3.63, 3.8) is 0 Å². The number of halogens is 2. The monoisotopic (exact) mass is 531 g/mol. The molecular formula is C26H27Cl2N3O5. The highest BCUT2D eigenvalue weighted by molar-refractivity contribution is 6.33. The fraction of sp³-hybridized carbons (Fsp3) is 0.346. The van der Waals surface area contributed by atoms with Gasteiger partial charge in [0.15, 0.2) is 11.5 Å². The number of carboxylic acid groups (broad SMARTS) is 1. The van der Waals surface area contributed by atoms with Crippen LogP contribution < -0.4 is 10.1 Å². The normalized spacial score (nSPS) is 15.9. The molecule has 8 nitrogen and oxygen atoms in total. The molecule has 0 spiro atoms. The number of nitrogens with zero attached hydrogens (tertiary/aromatic N) is 2. The highest BCUT2D eigenvalue weighted by Crippen LogP contribution is 2.32. The van der Waals surface area contributed by atoms with Crippen molar-refractivity contribution in [3.05, 3.63) is 63.8 Å². The van der Waals surface area contributed by atoms with Gasteiger partial charge in [-0.1, -0.05) is 34.4 Å². The van der Waals surface area contributed by atoms with E-state index in [2.05, 4.69) is 15.4 Å². The molecule has 1 aliphatic heterocycles. The number of anilines is 1. The van der Waals surface area contributed by atoms with E-state index in [0.717, 1.165) is 25.1 Å². The van der Waals surface area contributed by atoms with Gasteiger partial charge in [0.1, 0.15) is 5.75 Å². The summed E-state index contributed by atoms with van der Waals surface area (Å²) in [6.45, 7) is 6.10. The molecule has 1 saturated heterocycles. The van der Waals surface area contributed by atoms with Gasteiger partial charge >= 0.3 is 5.97 Å². The number of aliphatic carboxylic acids is 1. The Hall–Kier alpha value is -3.07. The van der Waals surface area contributed by atoms with Gasteiger partial charge in [0, 0.05) is 36.8 Å². The van der Waals surface area contributed by atoms with Gasteiger partial charge in [-0.05, 0) is 68.6 Å². The van der Waals surface area contributed by atoms with Crippen molar-refractivity contribution in [1.82, 2.24) is 10.1 Å². The van der Waals surface area contributed by atoms with Crippen molar-refractivity contribution in [2.24, 2.45) is 5.92 Å². The summed E-state index contributed by atoms with van der Waals surface area (Å²) in [5.41, 5.74) is 2.24. The molecule has 4 rings (SSSR count). The zero-order valence-electron chi connectivity index (χ0n) is 20.0. The van der Waals surface area contributed by atoms with Gasteiger partial charge in [-0.15, -0.1) is 0 Å². The van der Waals surface area contributed by atoms with Crippen molar-refractivity contribution in [2.75, 3.05) is 18.4 Å². The SMILES string of the molecule is CC(C)Oc1ccc(NC(=O)c2cc(-c3ccc(CN4CCC(CC(=O)O)C4)cc3Cl)on2)cc1Cl. The third-order valence-electron chi connectivity index (χ3n) is 5.83. The van der Waals surface area contributed by atoms with Crippen LogP contribution in [0, 0.1) is 5.92 Å². The zero-order valence-corrected chi connectivity index (χ0v) is 21.5. The Balaban J connectivity index is 1.39. The van der Waals surface area contributed by atoms with Crippen molar-refractivity contribution < 1.29 is 24.0 Å². The van der Waals surface area contributed by atoms with Crippen LogP contribution in [0.1, 0.15) is 42.7 Å². The minimum Gasteiger partial charge on any atom is -0.489 e. The van der Waals surface area contributed by atoms with Crippen LogP contribution in [0.4, 0.5) is 5.69 Å². The van der Waals surface area contributed by atoms with Crippen molar-refractivity contribution in [2.45, 2.75) is 39.3 Å². The molecule has 36 heavy (non-hydrogen) atoms. The lowest BCUT2D eigenvalue weighted by Crippen LogP contribution is -2.20. The lowest BCUT2D eigenvalue weighted by Gasteiger charge is -2.16. The molecule has 1 unspecified atom stereocenters. The number of ether oxygens (including phenoxy) is 1. The standard InChI is InChI=1S/C26H27Cl2N3O5/c1-15(2)35-23-6-4-18(11-21(23)28)29-26(34)22-12-24(36-30-22)19-5-3-16(9-20(19)27)13-31-8-7-17(14-31)10-25(32)33/h3-6,9,11-12,15,17H,7-8,10,13-14H2,1-2H3,(H,29,34)(H,32,33). The lowest BCUT2D eigenvalue weighted by molar-refractivity contribution is -0.138. The molecule has 190 valence electrons. The number of hydrogen-bond donors (Lipinski definition) is 2. The molecule has 0 aliphatic carbocycles. The first-order valence-electron chi connectivity index (χ1n) is 11.6. The Labute approximate surface area is 219 Å². The van der Waals surface area contributed by atoms with Crippen LogP contribution >= 0.6 is 23.2 Å². The number of carboxylic acids is 1. The molecule has 0 saturated carbocycles. The Morgan fingerprint density at radius 1 is 1.19 bits per heavy atom. The van der Waals surface area contributed by atoms with Crippen LogP contribution in [0.15, 0.2) is 47.0 Å². The number of hydrogen-bond acceptors (Lipinski definition) is 6. The predicted octanol–water partition coefficient (Wildman–Crippen LogP) is 5.98. The molecule has 2 heterocycles. The van der Waals surface area contributed by atoms with Gasteiger partial charge in [-0.25, -0.2) is 0 Å². The largest absolute Gasteiger partial charge is 0.489 e. The Kier molecular flexibility index (Phi) is 8.18. The van der Waals surface area contributed by atoms with Crippen LogP contribution in [0.2, 0.25) is 10.0 Å². The van der Waals surface area contributed by atoms with E-state index in [1.165, 1.54) is 6.07 Å². The second-order valence-electron chi connectivity index (χ2n) is 9.14. The van der Waals surface area contributed by atoms with Crippen molar-refractivity contribution in [3.8, 4) is 17.1 Å². The van der Waals surface area contributed by atoms with Gasteiger partial charge in [0.25, 0.3) is 5.91 Å². The van der Waals surface area contributed by atoms with Gasteiger partial charge in [0.05, 0.1) is 16.1 Å². The molecule has 0 radical (unpaired) electrons. The molecule has 1 aromatic heterocycles. The number of nitrogens with one attached hydrogen (secondary N) is 1. The van der Waals surface area contributed by atoms with Crippen LogP contribution in [0.25, 0.3) is 11.3 Å². The number of carbonyl (C=O) groups is 2. The third kappa shape index (κ3) is 6.57. The maximum absolute atomic E-state index is 12.7. The summed E-state index contributed by atoms with van der Waals surface area (Å²) >= 11 is 12.8. The van der Waals surface area contributed by atoms with Crippen LogP contribution in [0.5, 0.6) is 5.75 Å². The quantitative estimate of drug-likeness (QED) is 0.349. The van der Waals surface area contributed by atoms with Gasteiger partial charge in [-0.3, -0.25) is 14.5 Å². The average molecular weight is 532 g/mol. The smallest absolute Gasteiger partial charge is 0.303 e. The number of carbonyl (C=O) groups excluding carboxylic acids is 1. The molecular weight excluding hydrogens is 505 g/mol. The first kappa shape index (κ1) is 26.0. The summed E-state index contributed by atoms with van der Waals surface area (Å²) in [7, 11) is 0. The molecule has 1 atom stereocenters. The number of amides is 1. The summed E-state index contributed by atoms with van der Waals surface area (Å²) in [5.74, 6) is -0.115. The maximum Gasteiger partial charge on any atom is 0.303 e. The molecule has 10 heteroatoms. The molecule has 1 amide bonds. The third-order valence-corrected chi connectivity index (χ3v) is 6.44. The van der Waals surface area contributed by atoms with E-state index in [9.17, 15) is 9.59 Å². The second kappa shape index (κ2) is 11.3. The van der Waals surface area contributed by atoms with E-state index < -0.39 is 11.9 Å². The summed E-state index contributed by atoms with van der Waals surface area (Å²) in [6.07, 6.45) is 1.06. The second-order valence-corrected chi connectivity index (χ2v) is 9.96. The molecule has 2 N–H and O–H groups in total. The number of likely N-dealkylation sites (tertiary alicyclic amines) is 1. The summed E-state index contributed by atoms with van der Waals surface area (Å²) < 4.78 is 11.0. The van der Waals surface area contributed by atoms with Crippen LogP contribution in [-0.2, 0) is 11.3 Å². The van der Waals surface area contributed by atoms with Crippen LogP contribution in [-0.4, -0.2) is 46.2 Å². The highest BCUT2D eigenvalue weighted by atomic mass is 35.5. The van der Waals surface area contributed by atoms with Crippen LogP contribution in [0.3, 0.4) is 0 Å². The number of rotatable bonds is 9. The van der Waals surface area contributed by atoms with Crippen molar-refractivity contribution >= 4 is 40.8 Å². The Morgan fingerprint density at radius 2 is 2.00 bits per heavy atom. The van der Waals surface area contributed by atoms with E-state index in [-0.39, 0.29) is 24.1 Å². The topological polar surface area (TPSA) is 105 Å². The summed E-state index contributed by atoms with van der Waals surface area (Å²) in [6, 6.07) is 12.2. The zero-order chi connectivity index (χ0) is 25.8. The summed E-state index contributed by atoms with van der Waals surface area (Å²) in [4.78, 5) is 25.8. The van der Waals surface area contributed by atoms with Gasteiger partial charge < -0.3 is 19.7 Å². The molecule has 1 aliphatic rings. The fourth-order valence-corrected chi connectivity index (χ4v) is 4.74. The average Bonchev–Trinajstić information content (AvgIpc) is 3.45. The first-order valence-corrected chi connectivity index (χ1v) is 12.4. The first-order chi connectivity index (χ1) is 17.2. The Bertz CT molecular complexity index is 1260. The van der Waals surface area contributed by atoms with Gasteiger partial charge in [0.2, 0.25) is 0 Å². The van der Waals surface area contributed by atoms with Gasteiger partial charge in [-0.2, -0.15) is 0 Å². The maximum atomic E-state index is 12.7. The predicted molar refractivity (Wildman–Crippen MR) is 138 cm³/mol. The van der Waals surface area contributed by atoms with E-state index in [1.807, 2.05) is 32.0 Å². The fourth-order valence-electron chi connectivity index (χ4n) is 4.22. The molecule has 3 aromatic rings. The molecule has 1 fully saturated rings. The lowest BCUT2D eigenvalue weighted by atomic mass is 10.1. The number of benzene rings is 2. The van der Waals surface area contributed by atoms with Crippen molar-refractivity contribution in [1.29, 1.82) is 0 Å². The molecule has 2 aromatic carbocycles. The van der Waals surface area contributed by atoms with E-state index in [0.29, 0.717) is 39.4 Å². The minimum absolute atomic E-state index is 0.0197. The highest BCUT2D eigenvalue weighted by Gasteiger charge is 2.25. The number of aromatic nitrogens is 1. The Morgan fingerprint density at radius 3 is 2.69 bits per heavy atom. The van der Waals surface area contributed by atoms with E-state index in [4.69, 9.17) is 37.6 Å². The minimum atomic E-state index is -0.757. The molecule has 0 bridgehead atoms. The van der Waals surface area contributed by atoms with E-state index >= 15 is 0 Å².